The van der Waals surface area contributed by atoms with Crippen molar-refractivity contribution in [1.82, 2.24) is 4.98 Å². The van der Waals surface area contributed by atoms with Gasteiger partial charge in [-0.25, -0.2) is 4.98 Å². The van der Waals surface area contributed by atoms with Crippen molar-refractivity contribution in [3.63, 3.8) is 0 Å². The molecule has 0 aliphatic heterocycles. The van der Waals surface area contributed by atoms with Gasteiger partial charge in [0.25, 0.3) is 0 Å². The third-order valence-corrected chi connectivity index (χ3v) is 7.11. The van der Waals surface area contributed by atoms with Gasteiger partial charge in [0.05, 0.1) is 22.9 Å². The Morgan fingerprint density at radius 1 is 0.870 bits per heavy atom. The van der Waals surface area contributed by atoms with E-state index in [1.54, 1.807) is 0 Å². The molecule has 8 heteroatoms. The minimum Gasteiger partial charge on any atom is -0.543 e. The van der Waals surface area contributed by atoms with Gasteiger partial charge >= 0.3 is 29.6 Å². The number of carbonyl (C=O) groups excluding carboxylic acids is 1. The van der Waals surface area contributed by atoms with Crippen LogP contribution in [0.25, 0.3) is 17.0 Å². The molecule has 46 heavy (non-hydrogen) atoms. The Hall–Kier alpha value is -4.69. The number of benzene rings is 4. The van der Waals surface area contributed by atoms with E-state index in [9.17, 15) is 9.90 Å². The molecule has 0 spiro atoms. The second-order valence-corrected chi connectivity index (χ2v) is 10.5. The van der Waals surface area contributed by atoms with Crippen molar-refractivity contribution in [2.24, 2.45) is 5.16 Å². The van der Waals surface area contributed by atoms with Crippen molar-refractivity contribution in [2.75, 3.05) is 6.61 Å². The average molecular weight is 621 g/mol. The van der Waals surface area contributed by atoms with E-state index < -0.39 is 12.1 Å². The Morgan fingerprint density at radius 3 is 2.17 bits per heavy atom. The number of aryl methyl sites for hydroxylation is 1. The second-order valence-electron chi connectivity index (χ2n) is 10.5. The predicted octanol–water partition coefficient (Wildman–Crippen LogP) is 4.01. The van der Waals surface area contributed by atoms with E-state index in [2.05, 4.69) is 35.8 Å². The summed E-state index contributed by atoms with van der Waals surface area (Å²) < 4.78 is 11.9. The normalized spacial score (nSPS) is 11.9. The van der Waals surface area contributed by atoms with Crippen LogP contribution in [0.3, 0.4) is 0 Å². The molecule has 7 nitrogen and oxygen atoms in total. The molecule has 0 amide bonds. The summed E-state index contributed by atoms with van der Waals surface area (Å²) in [5.41, 5.74) is 6.13. The minimum absolute atomic E-state index is 0. The minimum atomic E-state index is -1.40. The largest absolute Gasteiger partial charge is 1.00 e. The van der Waals surface area contributed by atoms with Crippen molar-refractivity contribution in [1.29, 1.82) is 0 Å². The molecule has 1 atom stereocenters. The van der Waals surface area contributed by atoms with Crippen LogP contribution in [0.5, 0.6) is 11.5 Å². The number of carbonyl (C=O) groups is 1. The first-order valence-corrected chi connectivity index (χ1v) is 14.5. The first kappa shape index (κ1) is 34.2. The number of carboxylic acids is 1. The van der Waals surface area contributed by atoms with Gasteiger partial charge in [0.15, 0.2) is 6.10 Å². The molecule has 0 saturated carbocycles. The van der Waals surface area contributed by atoms with E-state index in [0.717, 1.165) is 38.9 Å². The molecule has 1 unspecified atom stereocenters. The third-order valence-electron chi connectivity index (χ3n) is 7.11. The van der Waals surface area contributed by atoms with Crippen LogP contribution in [0, 0.1) is 6.92 Å². The number of aromatic nitrogens is 1. The number of ether oxygens (including phenoxy) is 2. The van der Waals surface area contributed by atoms with Gasteiger partial charge in [0.2, 0.25) is 0 Å². The predicted molar refractivity (Wildman–Crippen MR) is 175 cm³/mol. The molecule has 1 heterocycles. The maximum absolute atomic E-state index is 11.2. The molecule has 0 aliphatic rings. The van der Waals surface area contributed by atoms with E-state index in [4.69, 9.17) is 14.3 Å². The number of oxime groups is 1. The maximum atomic E-state index is 11.2. The number of hydrogen-bond acceptors (Lipinski definition) is 7. The zero-order valence-corrected chi connectivity index (χ0v) is 28.2. The molecule has 0 saturated heterocycles. The molecular formula is C38H33N2NaO5. The number of rotatable bonds is 13. The summed E-state index contributed by atoms with van der Waals surface area (Å²) in [6, 6.07) is 34.8. The summed E-state index contributed by atoms with van der Waals surface area (Å²) in [4.78, 5) is 21.6. The fourth-order valence-corrected chi connectivity index (χ4v) is 4.51. The van der Waals surface area contributed by atoms with Crippen LogP contribution in [0.4, 0.5) is 0 Å². The van der Waals surface area contributed by atoms with Gasteiger partial charge in [0.1, 0.15) is 24.7 Å². The Kier molecular flexibility index (Phi) is 12.3. The fourth-order valence-electron chi connectivity index (χ4n) is 4.51. The molecule has 0 radical (unpaired) electrons. The molecule has 0 fully saturated rings. The number of hydrogen-bond donors (Lipinski definition) is 0. The SMILES string of the molecule is C=C(/C=C\c1ccccc1C)COc1ccc(C(O/N=C(\C)C(=O)[O-])c2ccc(OCc3ccc4ccccc4n3)cc2)cc1.[Na+]. The van der Waals surface area contributed by atoms with Crippen molar-refractivity contribution < 1.29 is 53.8 Å². The first-order chi connectivity index (χ1) is 21.9. The van der Waals surface area contributed by atoms with E-state index in [1.807, 2.05) is 109 Å². The van der Waals surface area contributed by atoms with Gasteiger partial charge < -0.3 is 24.2 Å². The molecule has 0 bridgehead atoms. The summed E-state index contributed by atoms with van der Waals surface area (Å²) in [6.07, 6.45) is 3.29. The van der Waals surface area contributed by atoms with Crippen LogP contribution in [0.15, 0.2) is 133 Å². The third kappa shape index (κ3) is 9.41. The molecule has 0 N–H and O–H groups in total. The number of para-hydroxylation sites is 1. The maximum Gasteiger partial charge on any atom is 1.00 e. The smallest absolute Gasteiger partial charge is 0.543 e. The Labute approximate surface area is 291 Å². The zero-order valence-electron chi connectivity index (χ0n) is 26.2. The zero-order chi connectivity index (χ0) is 31.6. The van der Waals surface area contributed by atoms with Crippen molar-refractivity contribution >= 4 is 28.7 Å². The summed E-state index contributed by atoms with van der Waals surface area (Å²) in [5, 5.41) is 16.1. The summed E-state index contributed by atoms with van der Waals surface area (Å²) in [6.45, 7) is 8.12. The van der Waals surface area contributed by atoms with Crippen LogP contribution < -0.4 is 44.1 Å². The van der Waals surface area contributed by atoms with E-state index in [1.165, 1.54) is 12.5 Å². The fraction of sp³-hybridized carbons (Fsp3) is 0.132. The summed E-state index contributed by atoms with van der Waals surface area (Å²) >= 11 is 0. The standard InChI is InChI=1S/C38H34N2O5.Na/c1-26(12-13-29-9-5-4-8-27(29)2)24-43-34-20-15-31(16-21-34)37(45-40-28(3)38(41)42)32-17-22-35(23-18-32)44-25-33-19-14-30-10-6-7-11-36(30)39-33;/h4-23,37H,1,24-25H2,2-3H3,(H,41,42);/q;+1/p-1/b13-12-,40-28+;. The molecular weight excluding hydrogens is 587 g/mol. The summed E-state index contributed by atoms with van der Waals surface area (Å²) in [7, 11) is 0. The summed E-state index contributed by atoms with van der Waals surface area (Å²) in [5.74, 6) is -0.0917. The van der Waals surface area contributed by atoms with Gasteiger partial charge in [-0.3, -0.25) is 0 Å². The number of nitrogens with zero attached hydrogens (tertiary/aromatic N) is 2. The van der Waals surface area contributed by atoms with Gasteiger partial charge in [-0.1, -0.05) is 96.7 Å². The molecule has 1 aromatic heterocycles. The Morgan fingerprint density at radius 2 is 1.50 bits per heavy atom. The number of aliphatic carboxylic acids is 1. The van der Waals surface area contributed by atoms with Gasteiger partial charge in [-0.15, -0.1) is 0 Å². The molecule has 0 aliphatic carbocycles. The van der Waals surface area contributed by atoms with E-state index in [0.29, 0.717) is 24.7 Å². The van der Waals surface area contributed by atoms with Gasteiger partial charge in [-0.05, 0) is 78.1 Å². The number of pyridine rings is 1. The Balaban J connectivity index is 0.00000480. The van der Waals surface area contributed by atoms with Gasteiger partial charge in [0, 0.05) is 5.39 Å². The molecule has 4 aromatic carbocycles. The van der Waals surface area contributed by atoms with Crippen molar-refractivity contribution in [3.8, 4) is 11.5 Å². The number of carboxylic acid groups (broad SMARTS) is 1. The molecule has 5 aromatic rings. The second kappa shape index (κ2) is 16.6. The quantitative estimate of drug-likeness (QED) is 0.0856. The molecule has 226 valence electrons. The van der Waals surface area contributed by atoms with Crippen LogP contribution >= 0.6 is 0 Å². The van der Waals surface area contributed by atoms with E-state index >= 15 is 0 Å². The van der Waals surface area contributed by atoms with E-state index in [-0.39, 0.29) is 35.3 Å². The van der Waals surface area contributed by atoms with Crippen LogP contribution in [-0.4, -0.2) is 23.3 Å². The monoisotopic (exact) mass is 620 g/mol. The topological polar surface area (TPSA) is 93.1 Å². The van der Waals surface area contributed by atoms with Gasteiger partial charge in [-0.2, -0.15) is 0 Å². The van der Waals surface area contributed by atoms with Crippen molar-refractivity contribution in [2.45, 2.75) is 26.6 Å². The number of fused-ring (bicyclic) bond motifs is 1. The van der Waals surface area contributed by atoms with Crippen LogP contribution in [0.2, 0.25) is 0 Å². The first-order valence-electron chi connectivity index (χ1n) is 14.5. The van der Waals surface area contributed by atoms with Crippen LogP contribution in [0.1, 0.15) is 41.0 Å². The molecule has 5 rings (SSSR count). The Bertz CT molecular complexity index is 1850. The van der Waals surface area contributed by atoms with Crippen molar-refractivity contribution in [3.05, 3.63) is 155 Å². The average Bonchev–Trinajstić information content (AvgIpc) is 3.07. The van der Waals surface area contributed by atoms with Crippen LogP contribution in [-0.2, 0) is 16.2 Å².